The smallest absolute Gasteiger partial charge is 0.191 e. The van der Waals surface area contributed by atoms with Gasteiger partial charge in [-0.15, -0.1) is 24.0 Å². The van der Waals surface area contributed by atoms with Crippen molar-refractivity contribution in [3.05, 3.63) is 34.3 Å². The maximum absolute atomic E-state index is 6.07. The van der Waals surface area contributed by atoms with E-state index >= 15 is 0 Å². The number of rotatable bonds is 2. The second-order valence-corrected chi connectivity index (χ2v) is 5.96. The van der Waals surface area contributed by atoms with Gasteiger partial charge in [-0.2, -0.15) is 0 Å². The standard InChI is InChI=1S/C14H18BrN3O.HI/c15-11-3-1-10(2-4-11)12-9-13(12)17-14(16)18-5-7-19-8-6-18;/h1-4,12-13H,5-9H2,(H2,16,17);1H. The Morgan fingerprint density at radius 3 is 2.55 bits per heavy atom. The van der Waals surface area contributed by atoms with E-state index in [1.54, 1.807) is 0 Å². The van der Waals surface area contributed by atoms with Gasteiger partial charge < -0.3 is 15.4 Å². The van der Waals surface area contributed by atoms with E-state index in [1.165, 1.54) is 5.56 Å². The fraction of sp³-hybridized carbons (Fsp3) is 0.500. The lowest BCUT2D eigenvalue weighted by Crippen LogP contribution is -2.45. The van der Waals surface area contributed by atoms with Crippen LogP contribution in [0.4, 0.5) is 0 Å². The van der Waals surface area contributed by atoms with Crippen LogP contribution in [-0.4, -0.2) is 43.2 Å². The van der Waals surface area contributed by atoms with Crippen LogP contribution in [0.2, 0.25) is 0 Å². The fourth-order valence-electron chi connectivity index (χ4n) is 2.44. The van der Waals surface area contributed by atoms with Crippen molar-refractivity contribution in [3.63, 3.8) is 0 Å². The lowest BCUT2D eigenvalue weighted by atomic mass is 10.1. The molecule has 2 unspecified atom stereocenters. The third kappa shape index (κ3) is 3.85. The summed E-state index contributed by atoms with van der Waals surface area (Å²) in [6.07, 6.45) is 1.10. The van der Waals surface area contributed by atoms with E-state index in [-0.39, 0.29) is 24.0 Å². The van der Waals surface area contributed by atoms with E-state index in [1.807, 2.05) is 0 Å². The van der Waals surface area contributed by atoms with Crippen LogP contribution < -0.4 is 5.73 Å². The molecule has 2 N–H and O–H groups in total. The molecule has 6 heteroatoms. The van der Waals surface area contributed by atoms with Crippen LogP contribution in [0.25, 0.3) is 0 Å². The van der Waals surface area contributed by atoms with Crippen molar-refractivity contribution in [1.29, 1.82) is 0 Å². The molecule has 0 amide bonds. The van der Waals surface area contributed by atoms with Gasteiger partial charge in [0.25, 0.3) is 0 Å². The van der Waals surface area contributed by atoms with Gasteiger partial charge in [-0.1, -0.05) is 28.1 Å². The molecule has 20 heavy (non-hydrogen) atoms. The Morgan fingerprint density at radius 1 is 1.25 bits per heavy atom. The Hall–Kier alpha value is -0.340. The van der Waals surface area contributed by atoms with E-state index in [0.717, 1.165) is 37.2 Å². The summed E-state index contributed by atoms with van der Waals surface area (Å²) in [7, 11) is 0. The van der Waals surface area contributed by atoms with Crippen molar-refractivity contribution in [2.24, 2.45) is 10.7 Å². The average molecular weight is 452 g/mol. The number of guanidine groups is 1. The van der Waals surface area contributed by atoms with Crippen molar-refractivity contribution < 1.29 is 4.74 Å². The van der Waals surface area contributed by atoms with Crippen molar-refractivity contribution in [1.82, 2.24) is 4.90 Å². The van der Waals surface area contributed by atoms with Crippen LogP contribution in [0.3, 0.4) is 0 Å². The number of aliphatic imine (C=N–C) groups is 1. The van der Waals surface area contributed by atoms with Crippen LogP contribution in [0.5, 0.6) is 0 Å². The molecular formula is C14H19BrIN3O. The van der Waals surface area contributed by atoms with Crippen molar-refractivity contribution in [3.8, 4) is 0 Å². The molecule has 0 spiro atoms. The number of hydrogen-bond acceptors (Lipinski definition) is 2. The number of nitrogens with zero attached hydrogens (tertiary/aromatic N) is 2. The number of ether oxygens (including phenoxy) is 1. The Kier molecular flexibility index (Phi) is 5.68. The molecule has 0 bridgehead atoms. The second-order valence-electron chi connectivity index (χ2n) is 5.05. The van der Waals surface area contributed by atoms with E-state index in [0.29, 0.717) is 17.9 Å². The molecule has 110 valence electrons. The summed E-state index contributed by atoms with van der Waals surface area (Å²) in [5, 5.41) is 0. The summed E-state index contributed by atoms with van der Waals surface area (Å²) in [5.74, 6) is 1.21. The number of nitrogens with two attached hydrogens (primary N) is 1. The van der Waals surface area contributed by atoms with Crippen molar-refractivity contribution >= 4 is 45.9 Å². The molecular weight excluding hydrogens is 433 g/mol. The summed E-state index contributed by atoms with van der Waals surface area (Å²) >= 11 is 3.46. The first-order valence-electron chi connectivity index (χ1n) is 6.65. The van der Waals surface area contributed by atoms with Crippen LogP contribution in [0.1, 0.15) is 17.9 Å². The predicted octanol–water partition coefficient (Wildman–Crippen LogP) is 2.57. The topological polar surface area (TPSA) is 50.8 Å². The molecule has 2 aliphatic rings. The molecule has 1 aliphatic carbocycles. The summed E-state index contributed by atoms with van der Waals surface area (Å²) in [6, 6.07) is 8.84. The van der Waals surface area contributed by atoms with E-state index in [9.17, 15) is 0 Å². The van der Waals surface area contributed by atoms with Gasteiger partial charge >= 0.3 is 0 Å². The molecule has 1 aromatic rings. The lowest BCUT2D eigenvalue weighted by molar-refractivity contribution is 0.0674. The number of benzene rings is 1. The highest BCUT2D eigenvalue weighted by Gasteiger charge is 2.38. The van der Waals surface area contributed by atoms with Gasteiger partial charge in [-0.25, -0.2) is 4.99 Å². The average Bonchev–Trinajstić information content (AvgIpc) is 3.20. The summed E-state index contributed by atoms with van der Waals surface area (Å²) < 4.78 is 6.43. The third-order valence-electron chi connectivity index (χ3n) is 3.69. The normalized spacial score (nSPS) is 26.1. The zero-order valence-corrected chi connectivity index (χ0v) is 15.1. The monoisotopic (exact) mass is 451 g/mol. The molecule has 4 nitrogen and oxygen atoms in total. The Labute approximate surface area is 144 Å². The SMILES string of the molecule is I.NC(=NC1CC1c1ccc(Br)cc1)N1CCOCC1. The summed E-state index contributed by atoms with van der Waals surface area (Å²) in [5.41, 5.74) is 7.42. The van der Waals surface area contributed by atoms with E-state index in [4.69, 9.17) is 10.5 Å². The largest absolute Gasteiger partial charge is 0.378 e. The van der Waals surface area contributed by atoms with E-state index < -0.39 is 0 Å². The molecule has 1 aromatic carbocycles. The molecule has 2 fully saturated rings. The van der Waals surface area contributed by atoms with Gasteiger partial charge in [0.2, 0.25) is 0 Å². The highest BCUT2D eigenvalue weighted by molar-refractivity contribution is 14.0. The zero-order chi connectivity index (χ0) is 13.2. The predicted molar refractivity (Wildman–Crippen MR) is 94.7 cm³/mol. The molecule has 3 rings (SSSR count). The van der Waals surface area contributed by atoms with Crippen LogP contribution in [0.15, 0.2) is 33.7 Å². The van der Waals surface area contributed by atoms with Gasteiger partial charge in [0.1, 0.15) is 0 Å². The highest BCUT2D eigenvalue weighted by Crippen LogP contribution is 2.43. The van der Waals surface area contributed by atoms with Gasteiger partial charge in [-0.3, -0.25) is 0 Å². The Morgan fingerprint density at radius 2 is 1.90 bits per heavy atom. The first-order chi connectivity index (χ1) is 9.24. The van der Waals surface area contributed by atoms with Gasteiger partial charge in [-0.05, 0) is 24.1 Å². The molecule has 1 saturated carbocycles. The highest BCUT2D eigenvalue weighted by atomic mass is 127. The maximum Gasteiger partial charge on any atom is 0.191 e. The van der Waals surface area contributed by atoms with Gasteiger partial charge in [0, 0.05) is 23.5 Å². The van der Waals surface area contributed by atoms with Crippen LogP contribution >= 0.6 is 39.9 Å². The molecule has 1 heterocycles. The second kappa shape index (κ2) is 7.09. The summed E-state index contributed by atoms with van der Waals surface area (Å²) in [6.45, 7) is 3.20. The minimum atomic E-state index is 0. The lowest BCUT2D eigenvalue weighted by Gasteiger charge is -2.27. The number of hydrogen-bond donors (Lipinski definition) is 1. The Bertz CT molecular complexity index is 474. The third-order valence-corrected chi connectivity index (χ3v) is 4.22. The molecule has 0 aromatic heterocycles. The van der Waals surface area contributed by atoms with E-state index in [2.05, 4.69) is 50.1 Å². The number of halogens is 2. The van der Waals surface area contributed by atoms with Gasteiger partial charge in [0.05, 0.1) is 19.3 Å². The quantitative estimate of drug-likeness (QED) is 0.427. The van der Waals surface area contributed by atoms with Crippen molar-refractivity contribution in [2.45, 2.75) is 18.4 Å². The Balaban J connectivity index is 0.00000147. The van der Waals surface area contributed by atoms with Crippen LogP contribution in [0, 0.1) is 0 Å². The number of morpholine rings is 1. The zero-order valence-electron chi connectivity index (χ0n) is 11.2. The maximum atomic E-state index is 6.07. The molecule has 0 radical (unpaired) electrons. The first kappa shape index (κ1) is 16.0. The van der Waals surface area contributed by atoms with Crippen LogP contribution in [-0.2, 0) is 4.74 Å². The summed E-state index contributed by atoms with van der Waals surface area (Å²) in [4.78, 5) is 6.76. The molecule has 1 saturated heterocycles. The first-order valence-corrected chi connectivity index (χ1v) is 7.45. The minimum absolute atomic E-state index is 0. The fourth-order valence-corrected chi connectivity index (χ4v) is 2.70. The minimum Gasteiger partial charge on any atom is -0.378 e. The van der Waals surface area contributed by atoms with Gasteiger partial charge in [0.15, 0.2) is 5.96 Å². The van der Waals surface area contributed by atoms with Crippen molar-refractivity contribution in [2.75, 3.05) is 26.3 Å². The molecule has 1 aliphatic heterocycles. The molecule has 2 atom stereocenters.